The standard InChI is InChI=1S/C50H39NSi/c1-2-12-37-33(11-1)21-23-41-39-14-4-10-20-47(39)52(49(37)41)46-19-9-3-13-38(46)40-24-22-36(30-48(40)52)51-44-17-7-5-15-42(44)50(43-16-6-8-18-45(43)51)34-26-31-25-32(28-34)29-35(50)27-31/h1-24,30-32,34-35H,25-29H2. The van der Waals surface area contributed by atoms with Crippen molar-refractivity contribution >= 4 is 56.7 Å². The van der Waals surface area contributed by atoms with Gasteiger partial charge in [0.15, 0.2) is 8.07 Å². The van der Waals surface area contributed by atoms with Gasteiger partial charge in [-0.15, -0.1) is 0 Å². The lowest BCUT2D eigenvalue weighted by Gasteiger charge is -2.64. The first kappa shape index (κ1) is 28.4. The molecule has 4 aliphatic carbocycles. The Bertz CT molecular complexity index is 2600. The maximum atomic E-state index is 2.66. The minimum absolute atomic E-state index is 0.113. The van der Waals surface area contributed by atoms with Crippen molar-refractivity contribution in [3.63, 3.8) is 0 Å². The topological polar surface area (TPSA) is 3.24 Å². The Morgan fingerprint density at radius 2 is 1.00 bits per heavy atom. The first-order valence-electron chi connectivity index (χ1n) is 19.6. The molecule has 0 aromatic heterocycles. The molecule has 0 N–H and O–H groups in total. The average molecular weight is 682 g/mol. The van der Waals surface area contributed by atoms with Gasteiger partial charge < -0.3 is 4.90 Å². The molecule has 1 nitrogen and oxygen atoms in total. The highest BCUT2D eigenvalue weighted by Gasteiger charge is 2.61. The van der Waals surface area contributed by atoms with Gasteiger partial charge in [0.1, 0.15) is 0 Å². The highest BCUT2D eigenvalue weighted by atomic mass is 28.3. The van der Waals surface area contributed by atoms with E-state index in [1.807, 2.05) is 0 Å². The lowest BCUT2D eigenvalue weighted by atomic mass is 9.41. The third-order valence-corrected chi connectivity index (χ3v) is 19.8. The lowest BCUT2D eigenvalue weighted by Crippen LogP contribution is -2.71. The molecule has 1 atom stereocenters. The summed E-state index contributed by atoms with van der Waals surface area (Å²) in [5.74, 6) is 3.33. The molecule has 7 aromatic carbocycles. The van der Waals surface area contributed by atoms with Crippen LogP contribution < -0.4 is 25.6 Å². The van der Waals surface area contributed by atoms with E-state index >= 15 is 0 Å². The number of nitrogens with zero attached hydrogens (tertiary/aromatic N) is 1. The second-order valence-electron chi connectivity index (χ2n) is 16.8. The molecule has 52 heavy (non-hydrogen) atoms. The Hall–Kier alpha value is -5.18. The molecule has 4 fully saturated rings. The Morgan fingerprint density at radius 3 is 1.69 bits per heavy atom. The van der Waals surface area contributed by atoms with E-state index in [4.69, 9.17) is 0 Å². The van der Waals surface area contributed by atoms with Crippen LogP contribution >= 0.6 is 0 Å². The second kappa shape index (κ2) is 9.82. The van der Waals surface area contributed by atoms with E-state index in [-0.39, 0.29) is 5.41 Å². The van der Waals surface area contributed by atoms with Crippen LogP contribution in [0.25, 0.3) is 33.0 Å². The molecule has 7 aliphatic rings. The van der Waals surface area contributed by atoms with Gasteiger partial charge in [0, 0.05) is 11.1 Å². The molecule has 4 bridgehead atoms. The number of para-hydroxylation sites is 2. The fourth-order valence-corrected chi connectivity index (χ4v) is 19.3. The van der Waals surface area contributed by atoms with Crippen molar-refractivity contribution in [3.8, 4) is 22.3 Å². The van der Waals surface area contributed by atoms with E-state index in [1.54, 1.807) is 21.5 Å². The van der Waals surface area contributed by atoms with Gasteiger partial charge in [-0.1, -0.05) is 127 Å². The van der Waals surface area contributed by atoms with Gasteiger partial charge in [0.2, 0.25) is 0 Å². The Kier molecular flexibility index (Phi) is 5.36. The molecule has 4 saturated carbocycles. The smallest absolute Gasteiger partial charge is 0.182 e. The highest BCUT2D eigenvalue weighted by molar-refractivity contribution is 7.25. The number of benzene rings is 7. The van der Waals surface area contributed by atoms with Crippen LogP contribution in [0.2, 0.25) is 0 Å². The van der Waals surface area contributed by atoms with E-state index in [1.165, 1.54) is 92.6 Å². The van der Waals surface area contributed by atoms with E-state index in [0.29, 0.717) is 0 Å². The van der Waals surface area contributed by atoms with Gasteiger partial charge >= 0.3 is 0 Å². The first-order valence-corrected chi connectivity index (χ1v) is 21.6. The normalized spacial score (nSPS) is 25.9. The molecule has 3 heterocycles. The van der Waals surface area contributed by atoms with Gasteiger partial charge in [-0.3, -0.25) is 0 Å². The molecule has 0 amide bonds. The summed E-state index contributed by atoms with van der Waals surface area (Å²) in [6.45, 7) is 0. The van der Waals surface area contributed by atoms with Gasteiger partial charge in [-0.25, -0.2) is 0 Å². The quantitative estimate of drug-likeness (QED) is 0.156. The molecule has 2 spiro atoms. The van der Waals surface area contributed by atoms with Crippen molar-refractivity contribution in [3.05, 3.63) is 163 Å². The maximum Gasteiger partial charge on any atom is 0.182 e. The maximum absolute atomic E-state index is 2.68. The van der Waals surface area contributed by atoms with Gasteiger partial charge in [-0.05, 0) is 145 Å². The molecular formula is C50H39NSi. The summed E-state index contributed by atoms with van der Waals surface area (Å²) >= 11 is 0. The molecular weight excluding hydrogens is 643 g/mol. The van der Waals surface area contributed by atoms with Crippen LogP contribution in [0.5, 0.6) is 0 Å². The van der Waals surface area contributed by atoms with E-state index in [2.05, 4.69) is 157 Å². The van der Waals surface area contributed by atoms with Crippen molar-refractivity contribution in [1.29, 1.82) is 0 Å². The highest BCUT2D eigenvalue weighted by Crippen LogP contribution is 2.69. The summed E-state index contributed by atoms with van der Waals surface area (Å²) in [5, 5.41) is 8.94. The molecule has 0 saturated heterocycles. The van der Waals surface area contributed by atoms with Crippen molar-refractivity contribution in [2.75, 3.05) is 4.90 Å². The van der Waals surface area contributed by atoms with Crippen molar-refractivity contribution in [2.45, 2.75) is 37.5 Å². The molecule has 3 aliphatic heterocycles. The predicted octanol–water partition coefficient (Wildman–Crippen LogP) is 9.70. The molecule has 7 aromatic rings. The lowest BCUT2D eigenvalue weighted by molar-refractivity contribution is -0.0419. The van der Waals surface area contributed by atoms with Crippen LogP contribution in [0.3, 0.4) is 0 Å². The van der Waals surface area contributed by atoms with E-state index in [9.17, 15) is 0 Å². The Labute approximate surface area is 306 Å². The number of rotatable bonds is 1. The zero-order valence-corrected chi connectivity index (χ0v) is 30.2. The number of hydrogen-bond acceptors (Lipinski definition) is 1. The number of fused-ring (bicyclic) bond motifs is 14. The summed E-state index contributed by atoms with van der Waals surface area (Å²) in [7, 11) is -2.68. The first-order chi connectivity index (χ1) is 25.8. The van der Waals surface area contributed by atoms with Crippen LogP contribution in [-0.2, 0) is 5.41 Å². The number of hydrogen-bond donors (Lipinski definition) is 0. The zero-order chi connectivity index (χ0) is 33.8. The van der Waals surface area contributed by atoms with Crippen LogP contribution in [-0.4, -0.2) is 8.07 Å². The summed E-state index contributed by atoms with van der Waals surface area (Å²) in [4.78, 5) is 2.66. The minimum Gasteiger partial charge on any atom is -0.310 e. The third kappa shape index (κ3) is 3.21. The van der Waals surface area contributed by atoms with Crippen molar-refractivity contribution in [2.24, 2.45) is 23.7 Å². The third-order valence-electron chi connectivity index (χ3n) is 14.8. The van der Waals surface area contributed by atoms with Gasteiger partial charge in [0.05, 0.1) is 11.4 Å². The molecule has 248 valence electrons. The Morgan fingerprint density at radius 1 is 0.462 bits per heavy atom. The molecule has 1 unspecified atom stereocenters. The Balaban J connectivity index is 1.10. The predicted molar refractivity (Wildman–Crippen MR) is 218 cm³/mol. The van der Waals surface area contributed by atoms with Crippen LogP contribution in [0.15, 0.2) is 152 Å². The van der Waals surface area contributed by atoms with Gasteiger partial charge in [-0.2, -0.15) is 0 Å². The SMILES string of the molecule is c1ccc2c(c1)-c1ccc(N3c4ccccc4C4(c5ccccc53)C3CC5CC(C3)CC4C5)cc1[Si]21c2ccccc2-c2ccc3ccccc3c21. The average Bonchev–Trinajstić information content (AvgIpc) is 3.66. The summed E-state index contributed by atoms with van der Waals surface area (Å²) in [6.07, 6.45) is 7.06. The van der Waals surface area contributed by atoms with E-state index < -0.39 is 8.07 Å². The summed E-state index contributed by atoms with van der Waals surface area (Å²) in [6, 6.07) is 59.4. The second-order valence-corrected chi connectivity index (χ2v) is 20.4. The number of anilines is 3. The van der Waals surface area contributed by atoms with Crippen LogP contribution in [0.4, 0.5) is 17.1 Å². The summed E-state index contributed by atoms with van der Waals surface area (Å²) in [5.41, 5.74) is 13.0. The van der Waals surface area contributed by atoms with E-state index in [0.717, 1.165) is 23.7 Å². The fraction of sp³-hybridized carbons (Fsp3) is 0.200. The summed E-state index contributed by atoms with van der Waals surface area (Å²) < 4.78 is 0. The van der Waals surface area contributed by atoms with Crippen molar-refractivity contribution < 1.29 is 0 Å². The fourth-order valence-electron chi connectivity index (χ4n) is 13.4. The van der Waals surface area contributed by atoms with Crippen LogP contribution in [0.1, 0.15) is 43.2 Å². The largest absolute Gasteiger partial charge is 0.310 e. The molecule has 0 radical (unpaired) electrons. The van der Waals surface area contributed by atoms with Crippen molar-refractivity contribution in [1.82, 2.24) is 0 Å². The zero-order valence-electron chi connectivity index (χ0n) is 29.2. The van der Waals surface area contributed by atoms with Gasteiger partial charge in [0.25, 0.3) is 0 Å². The monoisotopic (exact) mass is 681 g/mol. The van der Waals surface area contributed by atoms with Crippen LogP contribution in [0, 0.1) is 23.7 Å². The molecule has 14 rings (SSSR count). The minimum atomic E-state index is -2.68. The molecule has 2 heteroatoms.